The summed E-state index contributed by atoms with van der Waals surface area (Å²) >= 11 is 0. The second kappa shape index (κ2) is 8.40. The Hall–Kier alpha value is -4.26. The molecule has 148 valence electrons. The van der Waals surface area contributed by atoms with Crippen molar-refractivity contribution < 1.29 is 18.8 Å². The highest BCUT2D eigenvalue weighted by molar-refractivity contribution is 6.04. The summed E-state index contributed by atoms with van der Waals surface area (Å²) in [4.78, 5) is 28.7. The third kappa shape index (κ3) is 4.41. The Bertz CT molecular complexity index is 1170. The van der Waals surface area contributed by atoms with Gasteiger partial charge in [0.25, 0.3) is 11.8 Å². The molecule has 0 fully saturated rings. The average molecular weight is 399 g/mol. The molecule has 0 radical (unpaired) electrons. The number of carbonyl (C=O) groups excluding carboxylic acids is 2. The zero-order chi connectivity index (χ0) is 20.9. The number of anilines is 1. The molecule has 0 spiro atoms. The summed E-state index contributed by atoms with van der Waals surface area (Å²) in [5, 5.41) is 6.54. The predicted molar refractivity (Wildman–Crippen MR) is 110 cm³/mol. The van der Waals surface area contributed by atoms with E-state index in [9.17, 15) is 9.59 Å². The van der Waals surface area contributed by atoms with Gasteiger partial charge in [-0.15, -0.1) is 0 Å². The van der Waals surface area contributed by atoms with Crippen LogP contribution in [0, 0.1) is 6.92 Å². The number of benzene rings is 3. The predicted octanol–water partition coefficient (Wildman–Crippen LogP) is 4.52. The summed E-state index contributed by atoms with van der Waals surface area (Å²) in [7, 11) is 0. The Labute approximate surface area is 172 Å². The molecular weight excluding hydrogens is 382 g/mol. The minimum absolute atomic E-state index is 0.211. The van der Waals surface area contributed by atoms with Crippen LogP contribution in [0.3, 0.4) is 0 Å². The zero-order valence-corrected chi connectivity index (χ0v) is 16.0. The molecule has 7 nitrogen and oxygen atoms in total. The monoisotopic (exact) mass is 399 g/mol. The van der Waals surface area contributed by atoms with Crippen LogP contribution in [0.2, 0.25) is 0 Å². The molecule has 1 aromatic heterocycles. The number of aryl methyl sites for hydroxylation is 1. The maximum Gasteiger partial charge on any atom is 0.343 e. The molecular formula is C23H17N3O4. The quantitative estimate of drug-likeness (QED) is 0.392. The van der Waals surface area contributed by atoms with E-state index in [0.717, 1.165) is 0 Å². The number of rotatable bonds is 5. The lowest BCUT2D eigenvalue weighted by Crippen LogP contribution is -2.12. The Balaban J connectivity index is 1.38. The molecule has 0 saturated heterocycles. The molecule has 0 aliphatic carbocycles. The van der Waals surface area contributed by atoms with Crippen molar-refractivity contribution in [1.82, 2.24) is 10.1 Å². The van der Waals surface area contributed by atoms with Crippen molar-refractivity contribution in [1.29, 1.82) is 0 Å². The first-order valence-corrected chi connectivity index (χ1v) is 9.18. The topological polar surface area (TPSA) is 94.3 Å². The van der Waals surface area contributed by atoms with E-state index in [1.165, 1.54) is 0 Å². The molecule has 3 aromatic carbocycles. The molecule has 0 aliphatic rings. The van der Waals surface area contributed by atoms with Crippen LogP contribution < -0.4 is 10.1 Å². The van der Waals surface area contributed by atoms with Crippen LogP contribution >= 0.6 is 0 Å². The van der Waals surface area contributed by atoms with Crippen molar-refractivity contribution in [3.63, 3.8) is 0 Å². The van der Waals surface area contributed by atoms with Crippen LogP contribution in [0.25, 0.3) is 11.5 Å². The highest BCUT2D eigenvalue weighted by Crippen LogP contribution is 2.20. The van der Waals surface area contributed by atoms with Gasteiger partial charge in [-0.05, 0) is 67.6 Å². The maximum atomic E-state index is 12.4. The number of carbonyl (C=O) groups is 2. The number of hydrogen-bond acceptors (Lipinski definition) is 6. The van der Waals surface area contributed by atoms with Crippen LogP contribution in [0.4, 0.5) is 5.69 Å². The largest absolute Gasteiger partial charge is 0.423 e. The molecule has 30 heavy (non-hydrogen) atoms. The molecule has 0 atom stereocenters. The van der Waals surface area contributed by atoms with E-state index in [1.54, 1.807) is 79.7 Å². The molecule has 1 amide bonds. The molecule has 1 heterocycles. The first-order valence-electron chi connectivity index (χ1n) is 9.18. The van der Waals surface area contributed by atoms with Crippen LogP contribution in [0.1, 0.15) is 26.5 Å². The van der Waals surface area contributed by atoms with E-state index in [4.69, 9.17) is 9.26 Å². The number of esters is 1. The number of nitrogens with zero attached hydrogens (tertiary/aromatic N) is 2. The van der Waals surface area contributed by atoms with E-state index in [0.29, 0.717) is 39.8 Å². The lowest BCUT2D eigenvalue weighted by atomic mass is 10.1. The first-order chi connectivity index (χ1) is 14.6. The Morgan fingerprint density at radius 2 is 1.57 bits per heavy atom. The minimum atomic E-state index is -0.496. The fourth-order valence-electron chi connectivity index (χ4n) is 2.73. The van der Waals surface area contributed by atoms with Gasteiger partial charge in [0.15, 0.2) is 5.82 Å². The van der Waals surface area contributed by atoms with Crippen molar-refractivity contribution in [2.45, 2.75) is 6.92 Å². The number of nitrogens with one attached hydrogen (secondary N) is 1. The number of amides is 1. The van der Waals surface area contributed by atoms with Crippen molar-refractivity contribution in [3.05, 3.63) is 95.8 Å². The third-order valence-corrected chi connectivity index (χ3v) is 4.25. The van der Waals surface area contributed by atoms with E-state index >= 15 is 0 Å². The highest BCUT2D eigenvalue weighted by atomic mass is 16.5. The standard InChI is InChI=1S/C23H17N3O4/c1-15-24-22(30-26-15)17-7-9-18(10-8-17)23(28)29-20-13-11-19(12-14-20)25-21(27)16-5-3-2-4-6-16/h2-14H,1H3,(H,25,27). The van der Waals surface area contributed by atoms with Crippen LogP contribution in [0.5, 0.6) is 5.75 Å². The lowest BCUT2D eigenvalue weighted by Gasteiger charge is -2.08. The second-order valence-corrected chi connectivity index (χ2v) is 6.46. The van der Waals surface area contributed by atoms with Crippen LogP contribution in [-0.4, -0.2) is 22.0 Å². The van der Waals surface area contributed by atoms with Crippen molar-refractivity contribution >= 4 is 17.6 Å². The molecule has 4 aromatic rings. The summed E-state index contributed by atoms with van der Waals surface area (Å²) in [6.45, 7) is 1.73. The van der Waals surface area contributed by atoms with Crippen molar-refractivity contribution in [3.8, 4) is 17.2 Å². The SMILES string of the molecule is Cc1noc(-c2ccc(C(=O)Oc3ccc(NC(=O)c4ccccc4)cc3)cc2)n1. The van der Waals surface area contributed by atoms with Gasteiger partial charge in [0.05, 0.1) is 5.56 Å². The van der Waals surface area contributed by atoms with Crippen molar-refractivity contribution in [2.24, 2.45) is 0 Å². The molecule has 0 unspecified atom stereocenters. The number of aromatic nitrogens is 2. The van der Waals surface area contributed by atoms with E-state index in [2.05, 4.69) is 15.5 Å². The summed E-state index contributed by atoms with van der Waals surface area (Å²) < 4.78 is 10.5. The van der Waals surface area contributed by atoms with E-state index in [1.807, 2.05) is 6.07 Å². The first kappa shape index (κ1) is 19.1. The van der Waals surface area contributed by atoms with Gasteiger partial charge in [-0.2, -0.15) is 4.98 Å². The second-order valence-electron chi connectivity index (χ2n) is 6.46. The average Bonchev–Trinajstić information content (AvgIpc) is 3.22. The van der Waals surface area contributed by atoms with Gasteiger partial charge in [0.2, 0.25) is 0 Å². The Morgan fingerprint density at radius 3 is 2.20 bits per heavy atom. The van der Waals surface area contributed by atoms with Gasteiger partial charge in [-0.1, -0.05) is 23.4 Å². The van der Waals surface area contributed by atoms with Gasteiger partial charge in [-0.25, -0.2) is 4.79 Å². The van der Waals surface area contributed by atoms with E-state index in [-0.39, 0.29) is 5.91 Å². The summed E-state index contributed by atoms with van der Waals surface area (Å²) in [5.74, 6) is 0.591. The molecule has 0 bridgehead atoms. The van der Waals surface area contributed by atoms with Gasteiger partial charge < -0.3 is 14.6 Å². The normalized spacial score (nSPS) is 10.4. The fourth-order valence-corrected chi connectivity index (χ4v) is 2.73. The van der Waals surface area contributed by atoms with Gasteiger partial charge >= 0.3 is 5.97 Å². The number of ether oxygens (including phenoxy) is 1. The molecule has 7 heteroatoms. The lowest BCUT2D eigenvalue weighted by molar-refractivity contribution is 0.0734. The molecule has 0 aliphatic heterocycles. The molecule has 0 saturated carbocycles. The minimum Gasteiger partial charge on any atom is -0.423 e. The summed E-state index contributed by atoms with van der Waals surface area (Å²) in [5.41, 5.74) is 2.26. The number of hydrogen-bond donors (Lipinski definition) is 1. The maximum absolute atomic E-state index is 12.4. The Kier molecular flexibility index (Phi) is 5.34. The summed E-state index contributed by atoms with van der Waals surface area (Å²) in [6.07, 6.45) is 0. The third-order valence-electron chi connectivity index (χ3n) is 4.25. The summed E-state index contributed by atoms with van der Waals surface area (Å²) in [6, 6.07) is 22.2. The van der Waals surface area contributed by atoms with E-state index < -0.39 is 5.97 Å². The van der Waals surface area contributed by atoms with Gasteiger partial charge in [0.1, 0.15) is 5.75 Å². The van der Waals surface area contributed by atoms with Gasteiger partial charge in [-0.3, -0.25) is 4.79 Å². The van der Waals surface area contributed by atoms with Crippen LogP contribution in [0.15, 0.2) is 83.4 Å². The molecule has 1 N–H and O–H groups in total. The van der Waals surface area contributed by atoms with Crippen LogP contribution in [-0.2, 0) is 0 Å². The smallest absolute Gasteiger partial charge is 0.343 e. The van der Waals surface area contributed by atoms with Gasteiger partial charge in [0, 0.05) is 16.8 Å². The van der Waals surface area contributed by atoms with Crippen molar-refractivity contribution in [2.75, 3.05) is 5.32 Å². The highest BCUT2D eigenvalue weighted by Gasteiger charge is 2.12. The zero-order valence-electron chi connectivity index (χ0n) is 16.0. The Morgan fingerprint density at radius 1 is 0.867 bits per heavy atom. The fraction of sp³-hybridized carbons (Fsp3) is 0.0435. The molecule has 4 rings (SSSR count).